The molecule has 2 aromatic rings. The fraction of sp³-hybridized carbons (Fsp3) is 0.200. The van der Waals surface area contributed by atoms with Gasteiger partial charge in [0.1, 0.15) is 13.7 Å². The number of hydrogen-bond acceptors (Lipinski definition) is 2. The van der Waals surface area contributed by atoms with Gasteiger partial charge in [-0.2, -0.15) is 0 Å². The second-order valence-corrected chi connectivity index (χ2v) is 5.90. The van der Waals surface area contributed by atoms with Crippen LogP contribution in [0.3, 0.4) is 0 Å². The molecule has 0 heterocycles. The number of aryl methyl sites for hydroxylation is 2. The first kappa shape index (κ1) is 17.9. The molecular formula is C20H18BFO2. The summed E-state index contributed by atoms with van der Waals surface area (Å²) < 4.78 is 13.4. The molecule has 0 aliphatic carbocycles. The summed E-state index contributed by atoms with van der Waals surface area (Å²) in [5.74, 6) is -0.852. The second-order valence-electron chi connectivity index (χ2n) is 5.90. The van der Waals surface area contributed by atoms with E-state index in [9.17, 15) is 14.0 Å². The molecule has 0 atom stereocenters. The van der Waals surface area contributed by atoms with Gasteiger partial charge in [0.25, 0.3) is 0 Å². The smallest absolute Gasteiger partial charge is 0.161 e. The Morgan fingerprint density at radius 1 is 0.833 bits per heavy atom. The van der Waals surface area contributed by atoms with Crippen LogP contribution < -0.4 is 5.46 Å². The highest BCUT2D eigenvalue weighted by molar-refractivity contribution is 6.40. The van der Waals surface area contributed by atoms with Crippen LogP contribution in [-0.4, -0.2) is 19.4 Å². The van der Waals surface area contributed by atoms with E-state index in [-0.39, 0.29) is 17.4 Å². The second kappa shape index (κ2) is 6.96. The lowest BCUT2D eigenvalue weighted by Crippen LogP contribution is -2.11. The van der Waals surface area contributed by atoms with E-state index in [2.05, 4.69) is 0 Å². The standard InChI is InChI=1S/C20H18BFO2/c1-11-9-15(21)5-7-17(11)19(13(3)23)20(14(4)24)18-8-6-16(22)10-12(18)2/h5-10H,1-4H3/b20-19+. The maximum atomic E-state index is 13.4. The topological polar surface area (TPSA) is 34.1 Å². The minimum Gasteiger partial charge on any atom is -0.294 e. The Morgan fingerprint density at radius 3 is 1.71 bits per heavy atom. The molecule has 0 bridgehead atoms. The van der Waals surface area contributed by atoms with Crippen molar-refractivity contribution in [2.45, 2.75) is 27.7 Å². The third-order valence-electron chi connectivity index (χ3n) is 3.93. The summed E-state index contributed by atoms with van der Waals surface area (Å²) >= 11 is 0. The number of rotatable bonds is 4. The predicted octanol–water partition coefficient (Wildman–Crippen LogP) is 3.33. The van der Waals surface area contributed by atoms with Crippen LogP contribution in [-0.2, 0) is 9.59 Å². The molecule has 2 rings (SSSR count). The summed E-state index contributed by atoms with van der Waals surface area (Å²) in [6.07, 6.45) is 0. The van der Waals surface area contributed by atoms with Crippen molar-refractivity contribution in [2.75, 3.05) is 0 Å². The maximum Gasteiger partial charge on any atom is 0.161 e. The third-order valence-corrected chi connectivity index (χ3v) is 3.93. The SMILES string of the molecule is [B]c1ccc(/C(C(C)=O)=C(\C(C)=O)c2ccc(F)cc2C)c(C)c1. The molecule has 2 aromatic carbocycles. The quantitative estimate of drug-likeness (QED) is 0.492. The van der Waals surface area contributed by atoms with Crippen LogP contribution in [0, 0.1) is 19.7 Å². The van der Waals surface area contributed by atoms with Gasteiger partial charge in [-0.05, 0) is 62.1 Å². The first-order chi connectivity index (χ1) is 11.2. The molecule has 2 nitrogen and oxygen atoms in total. The molecule has 4 heteroatoms. The molecule has 0 N–H and O–H groups in total. The number of halogens is 1. The van der Waals surface area contributed by atoms with Crippen LogP contribution in [0.25, 0.3) is 11.1 Å². The van der Waals surface area contributed by atoms with Crippen LogP contribution in [0.4, 0.5) is 4.39 Å². The fourth-order valence-corrected chi connectivity index (χ4v) is 2.88. The molecule has 0 spiro atoms. The molecular weight excluding hydrogens is 302 g/mol. The number of ketones is 2. The summed E-state index contributed by atoms with van der Waals surface area (Å²) in [5.41, 5.74) is 3.84. The minimum atomic E-state index is -0.382. The van der Waals surface area contributed by atoms with Gasteiger partial charge in [-0.3, -0.25) is 9.59 Å². The van der Waals surface area contributed by atoms with E-state index >= 15 is 0 Å². The number of carbonyl (C=O) groups excluding carboxylic acids is 2. The van der Waals surface area contributed by atoms with Crippen molar-refractivity contribution in [3.63, 3.8) is 0 Å². The first-order valence-corrected chi connectivity index (χ1v) is 7.61. The van der Waals surface area contributed by atoms with E-state index in [1.165, 1.54) is 32.0 Å². The summed E-state index contributed by atoms with van der Waals surface area (Å²) in [6.45, 7) is 6.39. The van der Waals surface area contributed by atoms with Gasteiger partial charge in [0.15, 0.2) is 11.6 Å². The molecule has 0 saturated heterocycles. The highest BCUT2D eigenvalue weighted by Crippen LogP contribution is 2.31. The zero-order chi connectivity index (χ0) is 18.0. The van der Waals surface area contributed by atoms with E-state index < -0.39 is 0 Å². The Bertz CT molecular complexity index is 794. The lowest BCUT2D eigenvalue weighted by Gasteiger charge is -2.16. The van der Waals surface area contributed by atoms with Crippen molar-refractivity contribution in [3.8, 4) is 0 Å². The highest BCUT2D eigenvalue weighted by Gasteiger charge is 2.22. The lowest BCUT2D eigenvalue weighted by atomic mass is 9.84. The molecule has 24 heavy (non-hydrogen) atoms. The number of carbonyl (C=O) groups is 2. The summed E-state index contributed by atoms with van der Waals surface area (Å²) in [6, 6.07) is 9.37. The van der Waals surface area contributed by atoms with Crippen molar-refractivity contribution in [3.05, 3.63) is 64.5 Å². The van der Waals surface area contributed by atoms with Gasteiger partial charge in [0, 0.05) is 11.1 Å². The van der Waals surface area contributed by atoms with E-state index in [1.807, 2.05) is 6.92 Å². The van der Waals surface area contributed by atoms with Gasteiger partial charge in [-0.1, -0.05) is 29.7 Å². The first-order valence-electron chi connectivity index (χ1n) is 7.61. The van der Waals surface area contributed by atoms with Crippen molar-refractivity contribution in [1.82, 2.24) is 0 Å². The third kappa shape index (κ3) is 3.53. The number of Topliss-reactive ketones (excluding diaryl/α,β-unsaturated/α-hetero) is 2. The zero-order valence-corrected chi connectivity index (χ0v) is 14.2. The highest BCUT2D eigenvalue weighted by atomic mass is 19.1. The van der Waals surface area contributed by atoms with Crippen LogP contribution in [0.5, 0.6) is 0 Å². The number of allylic oxidation sites excluding steroid dienone is 2. The van der Waals surface area contributed by atoms with Gasteiger partial charge >= 0.3 is 0 Å². The predicted molar refractivity (Wildman–Crippen MR) is 95.9 cm³/mol. The van der Waals surface area contributed by atoms with E-state index in [0.717, 1.165) is 5.56 Å². The van der Waals surface area contributed by atoms with Crippen LogP contribution in [0.2, 0.25) is 0 Å². The van der Waals surface area contributed by atoms with Crippen molar-refractivity contribution in [2.24, 2.45) is 0 Å². The maximum absolute atomic E-state index is 13.4. The van der Waals surface area contributed by atoms with Gasteiger partial charge < -0.3 is 0 Å². The van der Waals surface area contributed by atoms with Gasteiger partial charge in [-0.15, -0.1) is 0 Å². The Morgan fingerprint density at radius 2 is 1.29 bits per heavy atom. The number of hydrogen-bond donors (Lipinski definition) is 0. The normalized spacial score (nSPS) is 11.9. The van der Waals surface area contributed by atoms with Crippen LogP contribution >= 0.6 is 0 Å². The molecule has 0 aromatic heterocycles. The van der Waals surface area contributed by atoms with Crippen molar-refractivity contribution >= 4 is 36.0 Å². The van der Waals surface area contributed by atoms with Crippen molar-refractivity contribution in [1.29, 1.82) is 0 Å². The van der Waals surface area contributed by atoms with E-state index in [1.54, 1.807) is 25.1 Å². The van der Waals surface area contributed by atoms with Crippen LogP contribution in [0.1, 0.15) is 36.1 Å². The van der Waals surface area contributed by atoms with Crippen LogP contribution in [0.15, 0.2) is 36.4 Å². The molecule has 120 valence electrons. The number of benzene rings is 2. The summed E-state index contributed by atoms with van der Waals surface area (Å²) in [5, 5.41) is 0. The molecule has 0 aliphatic rings. The van der Waals surface area contributed by atoms with E-state index in [4.69, 9.17) is 7.85 Å². The Kier molecular flexibility index (Phi) is 5.18. The van der Waals surface area contributed by atoms with E-state index in [0.29, 0.717) is 33.3 Å². The van der Waals surface area contributed by atoms with Gasteiger partial charge in [0.2, 0.25) is 0 Å². The lowest BCUT2D eigenvalue weighted by molar-refractivity contribution is -0.113. The van der Waals surface area contributed by atoms with Gasteiger partial charge in [0.05, 0.1) is 0 Å². The Balaban J connectivity index is 2.87. The van der Waals surface area contributed by atoms with Crippen molar-refractivity contribution < 1.29 is 14.0 Å². The minimum absolute atomic E-state index is 0.225. The molecule has 2 radical (unpaired) electrons. The Hall–Kier alpha value is -2.49. The average molecular weight is 320 g/mol. The average Bonchev–Trinajstić information content (AvgIpc) is 2.46. The monoisotopic (exact) mass is 320 g/mol. The molecule has 0 fully saturated rings. The molecule has 0 unspecified atom stereocenters. The van der Waals surface area contributed by atoms with Gasteiger partial charge in [-0.25, -0.2) is 4.39 Å². The molecule has 0 amide bonds. The summed E-state index contributed by atoms with van der Waals surface area (Å²) in [4.78, 5) is 24.7. The zero-order valence-electron chi connectivity index (χ0n) is 14.2. The molecule has 0 saturated carbocycles. The molecule has 0 aliphatic heterocycles. The Labute approximate surface area is 142 Å². The summed E-state index contributed by atoms with van der Waals surface area (Å²) in [7, 11) is 5.78. The largest absolute Gasteiger partial charge is 0.294 e. The fourth-order valence-electron chi connectivity index (χ4n) is 2.88.